The van der Waals surface area contributed by atoms with Crippen LogP contribution in [0.1, 0.15) is 17.3 Å². The van der Waals surface area contributed by atoms with E-state index in [0.29, 0.717) is 17.9 Å². The largest absolute Gasteiger partial charge is 0.462 e. The summed E-state index contributed by atoms with van der Waals surface area (Å²) in [6.07, 6.45) is 0. The summed E-state index contributed by atoms with van der Waals surface area (Å²) in [6, 6.07) is 6.45. The Labute approximate surface area is 100 Å². The second-order valence-electron chi connectivity index (χ2n) is 3.59. The first-order valence-corrected chi connectivity index (χ1v) is 5.30. The standard InChI is InChI=1S/C12H16N2O3/c1-4-17-11(15)9-7-5-6-8-10(9)13-12(16)14(2)3/h5-8H,4H2,1-3H3,(H,13,16). The molecule has 17 heavy (non-hydrogen) atoms. The van der Waals surface area contributed by atoms with Gasteiger partial charge in [-0.25, -0.2) is 9.59 Å². The molecule has 1 aromatic carbocycles. The molecule has 0 aliphatic carbocycles. The molecule has 0 saturated carbocycles. The van der Waals surface area contributed by atoms with E-state index in [1.807, 2.05) is 0 Å². The normalized spacial score (nSPS) is 9.59. The lowest BCUT2D eigenvalue weighted by atomic mass is 10.2. The molecule has 0 atom stereocenters. The third kappa shape index (κ3) is 3.48. The van der Waals surface area contributed by atoms with E-state index in [4.69, 9.17) is 4.74 Å². The Morgan fingerprint density at radius 1 is 1.29 bits per heavy atom. The number of urea groups is 1. The molecule has 0 aliphatic rings. The SMILES string of the molecule is CCOC(=O)c1ccccc1NC(=O)N(C)C. The van der Waals surface area contributed by atoms with Crippen molar-refractivity contribution in [2.24, 2.45) is 0 Å². The van der Waals surface area contributed by atoms with Gasteiger partial charge in [-0.3, -0.25) is 0 Å². The van der Waals surface area contributed by atoms with Crippen molar-refractivity contribution in [3.8, 4) is 0 Å². The fraction of sp³-hybridized carbons (Fsp3) is 0.333. The molecular weight excluding hydrogens is 220 g/mol. The number of ether oxygens (including phenoxy) is 1. The summed E-state index contributed by atoms with van der Waals surface area (Å²) in [5, 5.41) is 2.64. The number of carbonyl (C=O) groups is 2. The van der Waals surface area contributed by atoms with Crippen LogP contribution >= 0.6 is 0 Å². The predicted octanol–water partition coefficient (Wildman–Crippen LogP) is 1.96. The number of benzene rings is 1. The highest BCUT2D eigenvalue weighted by Crippen LogP contribution is 2.16. The van der Waals surface area contributed by atoms with Gasteiger partial charge in [0.25, 0.3) is 0 Å². The van der Waals surface area contributed by atoms with E-state index in [1.165, 1.54) is 4.90 Å². The Bertz CT molecular complexity index is 416. The minimum atomic E-state index is -0.442. The molecule has 0 heterocycles. The van der Waals surface area contributed by atoms with Gasteiger partial charge < -0.3 is 15.0 Å². The molecule has 1 aromatic rings. The number of hydrogen-bond donors (Lipinski definition) is 1. The smallest absolute Gasteiger partial charge is 0.340 e. The van der Waals surface area contributed by atoms with Crippen LogP contribution in [0.25, 0.3) is 0 Å². The van der Waals surface area contributed by atoms with Crippen LogP contribution in [-0.4, -0.2) is 37.6 Å². The number of rotatable bonds is 3. The topological polar surface area (TPSA) is 58.6 Å². The zero-order chi connectivity index (χ0) is 12.8. The molecule has 1 N–H and O–H groups in total. The van der Waals surface area contributed by atoms with Crippen molar-refractivity contribution in [3.05, 3.63) is 29.8 Å². The second-order valence-corrected chi connectivity index (χ2v) is 3.59. The molecule has 1 rings (SSSR count). The Morgan fingerprint density at radius 3 is 2.53 bits per heavy atom. The van der Waals surface area contributed by atoms with Crippen molar-refractivity contribution >= 4 is 17.7 Å². The van der Waals surface area contributed by atoms with Crippen LogP contribution in [0.15, 0.2) is 24.3 Å². The summed E-state index contributed by atoms with van der Waals surface area (Å²) in [5.41, 5.74) is 0.800. The molecule has 0 radical (unpaired) electrons. The number of hydrogen-bond acceptors (Lipinski definition) is 3. The predicted molar refractivity (Wildman–Crippen MR) is 65.1 cm³/mol. The molecular formula is C12H16N2O3. The van der Waals surface area contributed by atoms with Gasteiger partial charge in [0.2, 0.25) is 0 Å². The number of anilines is 1. The molecule has 0 unspecified atom stereocenters. The Hall–Kier alpha value is -2.04. The van der Waals surface area contributed by atoms with E-state index in [1.54, 1.807) is 45.3 Å². The van der Waals surface area contributed by atoms with E-state index in [9.17, 15) is 9.59 Å². The van der Waals surface area contributed by atoms with Gasteiger partial charge >= 0.3 is 12.0 Å². The van der Waals surface area contributed by atoms with E-state index < -0.39 is 5.97 Å². The van der Waals surface area contributed by atoms with Gasteiger partial charge in [-0.15, -0.1) is 0 Å². The molecule has 0 aliphatic heterocycles. The Morgan fingerprint density at radius 2 is 1.94 bits per heavy atom. The Balaban J connectivity index is 2.92. The first kappa shape index (κ1) is 13.0. The second kappa shape index (κ2) is 5.89. The Kier molecular flexibility index (Phi) is 4.51. The average molecular weight is 236 g/mol. The first-order chi connectivity index (χ1) is 8.06. The van der Waals surface area contributed by atoms with E-state index >= 15 is 0 Å². The van der Waals surface area contributed by atoms with Crippen molar-refractivity contribution in [1.82, 2.24) is 4.90 Å². The summed E-state index contributed by atoms with van der Waals surface area (Å²) in [6.45, 7) is 2.04. The monoisotopic (exact) mass is 236 g/mol. The maximum atomic E-state index is 11.6. The molecule has 5 nitrogen and oxygen atoms in total. The first-order valence-electron chi connectivity index (χ1n) is 5.30. The van der Waals surface area contributed by atoms with E-state index in [2.05, 4.69) is 5.32 Å². The highest BCUT2D eigenvalue weighted by atomic mass is 16.5. The molecule has 0 spiro atoms. The fourth-order valence-corrected chi connectivity index (χ4v) is 1.21. The third-order valence-electron chi connectivity index (χ3n) is 2.07. The minimum absolute atomic E-state index is 0.290. The highest BCUT2D eigenvalue weighted by Gasteiger charge is 2.14. The minimum Gasteiger partial charge on any atom is -0.462 e. The van der Waals surface area contributed by atoms with Crippen LogP contribution < -0.4 is 5.32 Å². The van der Waals surface area contributed by atoms with Gasteiger partial charge in [0.05, 0.1) is 17.9 Å². The quantitative estimate of drug-likeness (QED) is 0.816. The molecule has 0 saturated heterocycles. The third-order valence-corrected chi connectivity index (χ3v) is 2.07. The van der Waals surface area contributed by atoms with Crippen molar-refractivity contribution < 1.29 is 14.3 Å². The molecule has 92 valence electrons. The number of para-hydroxylation sites is 1. The lowest BCUT2D eigenvalue weighted by Gasteiger charge is -2.14. The molecule has 0 aromatic heterocycles. The summed E-state index contributed by atoms with van der Waals surface area (Å²) < 4.78 is 4.91. The summed E-state index contributed by atoms with van der Waals surface area (Å²) in [7, 11) is 3.25. The van der Waals surface area contributed by atoms with Crippen LogP contribution in [-0.2, 0) is 4.74 Å². The number of esters is 1. The lowest BCUT2D eigenvalue weighted by Crippen LogP contribution is -2.28. The van der Waals surface area contributed by atoms with Gasteiger partial charge in [0, 0.05) is 14.1 Å². The summed E-state index contributed by atoms with van der Waals surface area (Å²) in [4.78, 5) is 24.5. The zero-order valence-electron chi connectivity index (χ0n) is 10.2. The van der Waals surface area contributed by atoms with Gasteiger partial charge in [-0.2, -0.15) is 0 Å². The van der Waals surface area contributed by atoms with Gasteiger partial charge in [-0.1, -0.05) is 12.1 Å². The van der Waals surface area contributed by atoms with Crippen molar-refractivity contribution in [3.63, 3.8) is 0 Å². The fourth-order valence-electron chi connectivity index (χ4n) is 1.21. The molecule has 2 amide bonds. The van der Waals surface area contributed by atoms with Gasteiger partial charge in [-0.05, 0) is 19.1 Å². The van der Waals surface area contributed by atoms with Crippen molar-refractivity contribution in [1.29, 1.82) is 0 Å². The highest BCUT2D eigenvalue weighted by molar-refractivity contribution is 6.00. The molecule has 0 bridgehead atoms. The van der Waals surface area contributed by atoms with E-state index in [-0.39, 0.29) is 6.03 Å². The van der Waals surface area contributed by atoms with Crippen LogP contribution in [0.3, 0.4) is 0 Å². The molecule has 5 heteroatoms. The van der Waals surface area contributed by atoms with Gasteiger partial charge in [0.15, 0.2) is 0 Å². The number of nitrogens with one attached hydrogen (secondary N) is 1. The number of carbonyl (C=O) groups excluding carboxylic acids is 2. The average Bonchev–Trinajstić information content (AvgIpc) is 2.29. The van der Waals surface area contributed by atoms with Gasteiger partial charge in [0.1, 0.15) is 0 Å². The van der Waals surface area contributed by atoms with Crippen LogP contribution in [0.5, 0.6) is 0 Å². The van der Waals surface area contributed by atoms with Crippen molar-refractivity contribution in [2.45, 2.75) is 6.92 Å². The zero-order valence-corrected chi connectivity index (χ0v) is 10.2. The van der Waals surface area contributed by atoms with Crippen LogP contribution in [0.4, 0.5) is 10.5 Å². The maximum Gasteiger partial charge on any atom is 0.340 e. The van der Waals surface area contributed by atoms with E-state index in [0.717, 1.165) is 0 Å². The molecule has 0 fully saturated rings. The van der Waals surface area contributed by atoms with Crippen LogP contribution in [0, 0.1) is 0 Å². The lowest BCUT2D eigenvalue weighted by molar-refractivity contribution is 0.0527. The maximum absolute atomic E-state index is 11.6. The van der Waals surface area contributed by atoms with Crippen LogP contribution in [0.2, 0.25) is 0 Å². The number of nitrogens with zero attached hydrogens (tertiary/aromatic N) is 1. The summed E-state index contributed by atoms with van der Waals surface area (Å²) >= 11 is 0. The van der Waals surface area contributed by atoms with Crippen molar-refractivity contribution in [2.75, 3.05) is 26.0 Å². The number of amides is 2. The summed E-state index contributed by atoms with van der Waals surface area (Å²) in [5.74, 6) is -0.442.